The van der Waals surface area contributed by atoms with Crippen LogP contribution in [-0.4, -0.2) is 44.6 Å². The van der Waals surface area contributed by atoms with Crippen LogP contribution in [0.3, 0.4) is 0 Å². The van der Waals surface area contributed by atoms with Gasteiger partial charge in [-0.25, -0.2) is 8.42 Å². The maximum atomic E-state index is 12.5. The van der Waals surface area contributed by atoms with Crippen LogP contribution in [0.25, 0.3) is 0 Å². The molecule has 6 heteroatoms. The first kappa shape index (κ1) is 15.8. The predicted octanol–water partition coefficient (Wildman–Crippen LogP) is 1.00. The summed E-state index contributed by atoms with van der Waals surface area (Å²) in [6, 6.07) is 6.41. The van der Waals surface area contributed by atoms with Crippen molar-refractivity contribution < 1.29 is 18.3 Å². The second kappa shape index (κ2) is 7.40. The van der Waals surface area contributed by atoms with E-state index >= 15 is 0 Å². The van der Waals surface area contributed by atoms with E-state index in [0.29, 0.717) is 12.2 Å². The molecule has 0 aromatic heterocycles. The first-order valence-electron chi connectivity index (χ1n) is 5.86. The van der Waals surface area contributed by atoms with E-state index in [2.05, 4.69) is 6.58 Å². The van der Waals surface area contributed by atoms with Gasteiger partial charge in [0.25, 0.3) is 0 Å². The minimum Gasteiger partial charge on any atom is -0.392 e. The number of sulfonamides is 1. The van der Waals surface area contributed by atoms with Crippen LogP contribution in [0.5, 0.6) is 0 Å². The van der Waals surface area contributed by atoms with Crippen LogP contribution in [0.1, 0.15) is 5.56 Å². The molecule has 0 amide bonds. The summed E-state index contributed by atoms with van der Waals surface area (Å²) in [7, 11) is -2.14. The molecule has 0 aliphatic heterocycles. The number of ether oxygens (including phenoxy) is 1. The number of rotatable bonds is 8. The van der Waals surface area contributed by atoms with Crippen molar-refractivity contribution in [2.75, 3.05) is 26.8 Å². The third-order valence-electron chi connectivity index (χ3n) is 2.64. The normalized spacial score (nSPS) is 11.7. The van der Waals surface area contributed by atoms with Gasteiger partial charge in [-0.2, -0.15) is 4.31 Å². The monoisotopic (exact) mass is 285 g/mol. The molecule has 0 heterocycles. The average molecular weight is 285 g/mol. The summed E-state index contributed by atoms with van der Waals surface area (Å²) in [5.41, 5.74) is 0.383. The molecule has 5 nitrogen and oxygen atoms in total. The van der Waals surface area contributed by atoms with E-state index in [0.717, 1.165) is 0 Å². The van der Waals surface area contributed by atoms with Gasteiger partial charge in [0.2, 0.25) is 10.0 Å². The summed E-state index contributed by atoms with van der Waals surface area (Å²) in [4.78, 5) is 0.121. The lowest BCUT2D eigenvalue weighted by molar-refractivity contribution is 0.182. The van der Waals surface area contributed by atoms with Gasteiger partial charge in [-0.1, -0.05) is 24.3 Å². The molecule has 0 saturated heterocycles. The van der Waals surface area contributed by atoms with E-state index in [4.69, 9.17) is 4.74 Å². The van der Waals surface area contributed by atoms with Gasteiger partial charge in [-0.3, -0.25) is 0 Å². The van der Waals surface area contributed by atoms with Crippen molar-refractivity contribution >= 4 is 10.0 Å². The second-order valence-corrected chi connectivity index (χ2v) is 5.82. The van der Waals surface area contributed by atoms with E-state index in [9.17, 15) is 13.5 Å². The highest BCUT2D eigenvalue weighted by atomic mass is 32.2. The fraction of sp³-hybridized carbons (Fsp3) is 0.385. The van der Waals surface area contributed by atoms with Crippen LogP contribution in [0.15, 0.2) is 41.8 Å². The molecule has 1 aromatic rings. The number of methoxy groups -OCH3 is 1. The Balaban J connectivity index is 3.14. The van der Waals surface area contributed by atoms with Crippen LogP contribution < -0.4 is 0 Å². The Kier molecular flexibility index (Phi) is 6.17. The zero-order valence-corrected chi connectivity index (χ0v) is 11.8. The summed E-state index contributed by atoms with van der Waals surface area (Å²) in [5.74, 6) is 0. The molecule has 1 N–H and O–H groups in total. The van der Waals surface area contributed by atoms with E-state index in [1.165, 1.54) is 23.6 Å². The predicted molar refractivity (Wildman–Crippen MR) is 73.2 cm³/mol. The number of hydrogen-bond donors (Lipinski definition) is 1. The molecule has 0 fully saturated rings. The van der Waals surface area contributed by atoms with Gasteiger partial charge in [-0.15, -0.1) is 6.58 Å². The quantitative estimate of drug-likeness (QED) is 0.724. The van der Waals surface area contributed by atoms with Crippen LogP contribution in [-0.2, 0) is 21.4 Å². The summed E-state index contributed by atoms with van der Waals surface area (Å²) in [6.45, 7) is 3.98. The molecule has 0 aliphatic rings. The smallest absolute Gasteiger partial charge is 0.243 e. The summed E-state index contributed by atoms with van der Waals surface area (Å²) in [5, 5.41) is 9.24. The lowest BCUT2D eigenvalue weighted by Gasteiger charge is -2.21. The van der Waals surface area contributed by atoms with Gasteiger partial charge in [0.05, 0.1) is 18.1 Å². The largest absolute Gasteiger partial charge is 0.392 e. The van der Waals surface area contributed by atoms with E-state index in [-0.39, 0.29) is 24.6 Å². The van der Waals surface area contributed by atoms with Crippen LogP contribution in [0, 0.1) is 0 Å². The lowest BCUT2D eigenvalue weighted by atomic mass is 10.2. The molecular formula is C13H19NO4S. The molecule has 106 valence electrons. The Morgan fingerprint density at radius 2 is 2.11 bits per heavy atom. The molecular weight excluding hydrogens is 266 g/mol. The summed E-state index contributed by atoms with van der Waals surface area (Å²) in [6.07, 6.45) is 1.52. The number of benzene rings is 1. The molecule has 1 aromatic carbocycles. The Hall–Kier alpha value is -1.21. The molecule has 0 radical (unpaired) electrons. The molecule has 1 rings (SSSR count). The summed E-state index contributed by atoms with van der Waals surface area (Å²) >= 11 is 0. The fourth-order valence-corrected chi connectivity index (χ4v) is 3.28. The Morgan fingerprint density at radius 1 is 1.42 bits per heavy atom. The zero-order chi connectivity index (χ0) is 14.3. The molecule has 0 spiro atoms. The van der Waals surface area contributed by atoms with Crippen LogP contribution >= 0.6 is 0 Å². The fourth-order valence-electron chi connectivity index (χ4n) is 1.67. The van der Waals surface area contributed by atoms with E-state index < -0.39 is 10.0 Å². The molecule has 0 unspecified atom stereocenters. The van der Waals surface area contributed by atoms with Gasteiger partial charge in [-0.05, 0) is 11.6 Å². The van der Waals surface area contributed by atoms with Crippen molar-refractivity contribution in [2.45, 2.75) is 11.5 Å². The van der Waals surface area contributed by atoms with Crippen molar-refractivity contribution in [2.24, 2.45) is 0 Å². The van der Waals surface area contributed by atoms with Crippen molar-refractivity contribution in [3.63, 3.8) is 0 Å². The topological polar surface area (TPSA) is 66.8 Å². The number of aliphatic hydroxyl groups is 1. The van der Waals surface area contributed by atoms with Gasteiger partial charge >= 0.3 is 0 Å². The Bertz CT molecular complexity index is 513. The van der Waals surface area contributed by atoms with Gasteiger partial charge in [0.1, 0.15) is 0 Å². The van der Waals surface area contributed by atoms with Crippen molar-refractivity contribution in [3.8, 4) is 0 Å². The SMILES string of the molecule is C=CCN(CCOC)S(=O)(=O)c1ccccc1CO. The second-order valence-electron chi connectivity index (χ2n) is 3.91. The third-order valence-corrected chi connectivity index (χ3v) is 4.60. The first-order valence-corrected chi connectivity index (χ1v) is 7.30. The lowest BCUT2D eigenvalue weighted by Crippen LogP contribution is -2.34. The molecule has 19 heavy (non-hydrogen) atoms. The number of nitrogens with zero attached hydrogens (tertiary/aromatic N) is 1. The molecule has 0 aliphatic carbocycles. The van der Waals surface area contributed by atoms with Gasteiger partial charge in [0, 0.05) is 20.2 Å². The van der Waals surface area contributed by atoms with Crippen molar-refractivity contribution in [3.05, 3.63) is 42.5 Å². The van der Waals surface area contributed by atoms with Crippen LogP contribution in [0.2, 0.25) is 0 Å². The highest BCUT2D eigenvalue weighted by molar-refractivity contribution is 7.89. The standard InChI is InChI=1S/C13H19NO4S/c1-3-8-14(9-10-18-2)19(16,17)13-7-5-4-6-12(13)11-15/h3-7,15H,1,8-11H2,2H3. The highest BCUT2D eigenvalue weighted by Crippen LogP contribution is 2.20. The minimum absolute atomic E-state index is 0.121. The maximum absolute atomic E-state index is 12.5. The number of hydrogen-bond acceptors (Lipinski definition) is 4. The zero-order valence-electron chi connectivity index (χ0n) is 10.9. The van der Waals surface area contributed by atoms with Crippen molar-refractivity contribution in [1.82, 2.24) is 4.31 Å². The number of aliphatic hydroxyl groups excluding tert-OH is 1. The maximum Gasteiger partial charge on any atom is 0.243 e. The van der Waals surface area contributed by atoms with Crippen molar-refractivity contribution in [1.29, 1.82) is 0 Å². The highest BCUT2D eigenvalue weighted by Gasteiger charge is 2.25. The van der Waals surface area contributed by atoms with Gasteiger partial charge in [0.15, 0.2) is 0 Å². The summed E-state index contributed by atoms with van der Waals surface area (Å²) < 4.78 is 31.2. The Morgan fingerprint density at radius 3 is 2.68 bits per heavy atom. The Labute approximate surface area is 114 Å². The van der Waals surface area contributed by atoms with Crippen LogP contribution in [0.4, 0.5) is 0 Å². The molecule has 0 saturated carbocycles. The molecule has 0 bridgehead atoms. The average Bonchev–Trinajstić information content (AvgIpc) is 2.43. The minimum atomic E-state index is -3.66. The third kappa shape index (κ3) is 3.87. The first-order chi connectivity index (χ1) is 9.07. The van der Waals surface area contributed by atoms with E-state index in [1.54, 1.807) is 18.2 Å². The van der Waals surface area contributed by atoms with Gasteiger partial charge < -0.3 is 9.84 Å². The van der Waals surface area contributed by atoms with E-state index in [1.807, 2.05) is 0 Å². The molecule has 0 atom stereocenters.